The highest BCUT2D eigenvalue weighted by Crippen LogP contribution is 2.24. The molecular weight excluding hydrogens is 262 g/mol. The molecule has 4 heteroatoms. The van der Waals surface area contributed by atoms with Gasteiger partial charge in [0, 0.05) is 37.3 Å². The van der Waals surface area contributed by atoms with Gasteiger partial charge in [-0.05, 0) is 11.1 Å². The summed E-state index contributed by atoms with van der Waals surface area (Å²) < 4.78 is 1.87. The van der Waals surface area contributed by atoms with Crippen LogP contribution >= 0.6 is 0 Å². The molecule has 0 radical (unpaired) electrons. The molecule has 0 aliphatic heterocycles. The first-order chi connectivity index (χ1) is 9.91. The number of nitrogens with one attached hydrogen (secondary N) is 1. The molecule has 4 nitrogen and oxygen atoms in total. The zero-order valence-corrected chi connectivity index (χ0v) is 13.3. The Hall–Kier alpha value is -1.65. The maximum atomic E-state index is 9.35. The first-order valence-electron chi connectivity index (χ1n) is 7.33. The molecular formula is C17H25N3O. The molecule has 0 bridgehead atoms. The summed E-state index contributed by atoms with van der Waals surface area (Å²) in [5.41, 5.74) is 4.52. The van der Waals surface area contributed by atoms with Crippen LogP contribution in [-0.2, 0) is 32.2 Å². The molecule has 1 heterocycles. The molecule has 1 aromatic heterocycles. The van der Waals surface area contributed by atoms with E-state index in [0.717, 1.165) is 29.9 Å². The summed E-state index contributed by atoms with van der Waals surface area (Å²) in [4.78, 5) is 0. The maximum Gasteiger partial charge on any atom is 0.0722 e. The Morgan fingerprint density at radius 2 is 1.71 bits per heavy atom. The predicted octanol–water partition coefficient (Wildman–Crippen LogP) is 2.50. The van der Waals surface area contributed by atoms with Crippen LogP contribution in [0.4, 0.5) is 0 Å². The number of rotatable bonds is 5. The Labute approximate surface area is 126 Å². The van der Waals surface area contributed by atoms with Crippen LogP contribution in [0.5, 0.6) is 0 Å². The third-order valence-corrected chi connectivity index (χ3v) is 3.53. The van der Waals surface area contributed by atoms with Crippen LogP contribution in [-0.4, -0.2) is 14.9 Å². The largest absolute Gasteiger partial charge is 0.392 e. The number of hydrogen-bond acceptors (Lipinski definition) is 3. The molecule has 21 heavy (non-hydrogen) atoms. The summed E-state index contributed by atoms with van der Waals surface area (Å²) >= 11 is 0. The van der Waals surface area contributed by atoms with Gasteiger partial charge in [0.1, 0.15) is 0 Å². The van der Waals surface area contributed by atoms with E-state index in [2.05, 4.69) is 37.4 Å². The monoisotopic (exact) mass is 287 g/mol. The third-order valence-electron chi connectivity index (χ3n) is 3.53. The van der Waals surface area contributed by atoms with Crippen molar-refractivity contribution in [2.45, 2.75) is 45.9 Å². The van der Waals surface area contributed by atoms with Gasteiger partial charge in [0.25, 0.3) is 0 Å². The number of nitrogens with zero attached hydrogens (tertiary/aromatic N) is 2. The van der Waals surface area contributed by atoms with Gasteiger partial charge in [0.15, 0.2) is 0 Å². The topological polar surface area (TPSA) is 50.1 Å². The molecule has 0 saturated heterocycles. The van der Waals surface area contributed by atoms with Crippen LogP contribution in [0.2, 0.25) is 0 Å². The predicted molar refractivity (Wildman–Crippen MR) is 84.8 cm³/mol. The first-order valence-corrected chi connectivity index (χ1v) is 7.33. The minimum absolute atomic E-state index is 0.0429. The summed E-state index contributed by atoms with van der Waals surface area (Å²) in [6, 6.07) is 7.96. The van der Waals surface area contributed by atoms with Gasteiger partial charge in [-0.15, -0.1) is 0 Å². The van der Waals surface area contributed by atoms with Crippen molar-refractivity contribution >= 4 is 0 Å². The van der Waals surface area contributed by atoms with Crippen molar-refractivity contribution in [2.75, 3.05) is 0 Å². The van der Waals surface area contributed by atoms with Crippen molar-refractivity contribution in [3.8, 4) is 0 Å². The molecule has 0 aliphatic carbocycles. The van der Waals surface area contributed by atoms with E-state index in [1.165, 1.54) is 5.56 Å². The van der Waals surface area contributed by atoms with E-state index in [1.807, 2.05) is 36.0 Å². The molecule has 0 fully saturated rings. The van der Waals surface area contributed by atoms with Gasteiger partial charge in [0.2, 0.25) is 0 Å². The smallest absolute Gasteiger partial charge is 0.0722 e. The van der Waals surface area contributed by atoms with Gasteiger partial charge in [-0.1, -0.05) is 45.0 Å². The van der Waals surface area contributed by atoms with Crippen LogP contribution in [0.25, 0.3) is 0 Å². The minimum Gasteiger partial charge on any atom is -0.392 e. The minimum atomic E-state index is 0.0429. The molecule has 2 N–H and O–H groups in total. The highest BCUT2D eigenvalue weighted by molar-refractivity contribution is 5.27. The number of aliphatic hydroxyl groups excluding tert-OH is 1. The van der Waals surface area contributed by atoms with E-state index >= 15 is 0 Å². The van der Waals surface area contributed by atoms with Crippen molar-refractivity contribution in [2.24, 2.45) is 7.05 Å². The van der Waals surface area contributed by atoms with Crippen molar-refractivity contribution < 1.29 is 5.11 Å². The number of aliphatic hydroxyl groups is 1. The second-order valence-electron chi connectivity index (χ2n) is 6.46. The van der Waals surface area contributed by atoms with Crippen molar-refractivity contribution in [1.82, 2.24) is 15.1 Å². The lowest BCUT2D eigenvalue weighted by molar-refractivity contribution is 0.280. The molecule has 2 aromatic rings. The van der Waals surface area contributed by atoms with E-state index in [4.69, 9.17) is 0 Å². The number of hydrogen-bond donors (Lipinski definition) is 2. The zero-order chi connectivity index (χ0) is 15.5. The third kappa shape index (κ3) is 3.93. The average Bonchev–Trinajstić information content (AvgIpc) is 2.80. The van der Waals surface area contributed by atoms with Gasteiger partial charge < -0.3 is 10.4 Å². The first kappa shape index (κ1) is 15.7. The van der Waals surface area contributed by atoms with E-state index in [1.54, 1.807) is 0 Å². The Kier molecular flexibility index (Phi) is 4.80. The van der Waals surface area contributed by atoms with Crippen molar-refractivity contribution in [1.29, 1.82) is 0 Å². The molecule has 0 aliphatic rings. The molecule has 0 saturated carbocycles. The normalized spacial score (nSPS) is 11.9. The summed E-state index contributed by atoms with van der Waals surface area (Å²) in [5, 5.41) is 17.4. The van der Waals surface area contributed by atoms with Crippen molar-refractivity contribution in [3.05, 3.63) is 52.8 Å². The molecule has 0 amide bonds. The fraction of sp³-hybridized carbons (Fsp3) is 0.471. The Bertz CT molecular complexity index is 596. The Morgan fingerprint density at radius 3 is 2.33 bits per heavy atom. The molecule has 0 atom stereocenters. The van der Waals surface area contributed by atoms with E-state index in [-0.39, 0.29) is 12.0 Å². The van der Waals surface area contributed by atoms with Gasteiger partial charge >= 0.3 is 0 Å². The van der Waals surface area contributed by atoms with Gasteiger partial charge in [-0.3, -0.25) is 4.68 Å². The molecule has 0 spiro atoms. The van der Waals surface area contributed by atoms with Gasteiger partial charge in [0.05, 0.1) is 12.3 Å². The summed E-state index contributed by atoms with van der Waals surface area (Å²) in [6.45, 7) is 8.15. The quantitative estimate of drug-likeness (QED) is 0.888. The van der Waals surface area contributed by atoms with E-state index in [0.29, 0.717) is 0 Å². The number of aromatic nitrogens is 2. The maximum absolute atomic E-state index is 9.35. The lowest BCUT2D eigenvalue weighted by Gasteiger charge is -2.18. The van der Waals surface area contributed by atoms with Crippen LogP contribution in [0.1, 0.15) is 43.2 Å². The number of benzene rings is 1. The second kappa shape index (κ2) is 6.41. The SMILES string of the molecule is Cn1cc(CNCc2ccccc2CO)c(C(C)(C)C)n1. The van der Waals surface area contributed by atoms with Gasteiger partial charge in [-0.25, -0.2) is 0 Å². The number of aryl methyl sites for hydroxylation is 1. The second-order valence-corrected chi connectivity index (χ2v) is 6.46. The fourth-order valence-corrected chi connectivity index (χ4v) is 2.51. The standard InChI is InChI=1S/C17H25N3O/c1-17(2,3)16-15(11-20(4)19-16)10-18-9-13-7-5-6-8-14(13)12-21/h5-8,11,18,21H,9-10,12H2,1-4H3. The molecule has 1 aromatic carbocycles. The van der Waals surface area contributed by atoms with Crippen LogP contribution in [0, 0.1) is 0 Å². The van der Waals surface area contributed by atoms with Crippen molar-refractivity contribution in [3.63, 3.8) is 0 Å². The fourth-order valence-electron chi connectivity index (χ4n) is 2.51. The molecule has 0 unspecified atom stereocenters. The lowest BCUT2D eigenvalue weighted by atomic mass is 9.89. The Balaban J connectivity index is 2.04. The lowest BCUT2D eigenvalue weighted by Crippen LogP contribution is -2.19. The van der Waals surface area contributed by atoms with Gasteiger partial charge in [-0.2, -0.15) is 5.10 Å². The Morgan fingerprint density at radius 1 is 1.10 bits per heavy atom. The molecule has 114 valence electrons. The highest BCUT2D eigenvalue weighted by atomic mass is 16.3. The van der Waals surface area contributed by atoms with E-state index in [9.17, 15) is 5.11 Å². The van der Waals surface area contributed by atoms with Crippen LogP contribution in [0.3, 0.4) is 0 Å². The van der Waals surface area contributed by atoms with Crippen LogP contribution in [0.15, 0.2) is 30.5 Å². The van der Waals surface area contributed by atoms with Crippen LogP contribution < -0.4 is 5.32 Å². The summed E-state index contributed by atoms with van der Waals surface area (Å²) in [5.74, 6) is 0. The molecule has 2 rings (SSSR count). The zero-order valence-electron chi connectivity index (χ0n) is 13.3. The average molecular weight is 287 g/mol. The highest BCUT2D eigenvalue weighted by Gasteiger charge is 2.21. The van der Waals surface area contributed by atoms with E-state index < -0.39 is 0 Å². The summed E-state index contributed by atoms with van der Waals surface area (Å²) in [7, 11) is 1.96. The summed E-state index contributed by atoms with van der Waals surface area (Å²) in [6.07, 6.45) is 2.07.